The average molecular weight is 447 g/mol. The van der Waals surface area contributed by atoms with Crippen LogP contribution in [0, 0.1) is 24.0 Å². The van der Waals surface area contributed by atoms with Gasteiger partial charge in [0.05, 0.1) is 23.6 Å². The van der Waals surface area contributed by atoms with Gasteiger partial charge in [0.1, 0.15) is 17.5 Å². The third kappa shape index (κ3) is 4.38. The smallest absolute Gasteiger partial charge is 0.349 e. The van der Waals surface area contributed by atoms with Crippen LogP contribution in [-0.2, 0) is 9.59 Å². The number of halogens is 6. The Hall–Kier alpha value is -3.04. The molecule has 0 aromatic heterocycles. The van der Waals surface area contributed by atoms with Crippen LogP contribution in [0.3, 0.4) is 0 Å². The maximum atomic E-state index is 14.3. The second kappa shape index (κ2) is 8.24. The van der Waals surface area contributed by atoms with Crippen LogP contribution >= 0.6 is 0 Å². The molecular formula is C21H21F6N2O2. The van der Waals surface area contributed by atoms with E-state index >= 15 is 0 Å². The number of alkyl halides is 3. The van der Waals surface area contributed by atoms with Crippen LogP contribution in [-0.4, -0.2) is 24.0 Å². The predicted molar refractivity (Wildman–Crippen MR) is 103 cm³/mol. The molecule has 2 aliphatic rings. The molecular weight excluding hydrogens is 426 g/mol. The fourth-order valence-electron chi connectivity index (χ4n) is 3.58. The highest BCUT2D eigenvalue weighted by Crippen LogP contribution is 2.43. The number of benzene rings is 1. The minimum atomic E-state index is -5.11. The molecule has 0 fully saturated rings. The summed E-state index contributed by atoms with van der Waals surface area (Å²) >= 11 is 0. The van der Waals surface area contributed by atoms with Gasteiger partial charge >= 0.3 is 6.18 Å². The van der Waals surface area contributed by atoms with Crippen molar-refractivity contribution in [2.24, 2.45) is 5.92 Å². The van der Waals surface area contributed by atoms with Crippen molar-refractivity contribution in [1.29, 1.82) is 0 Å². The Morgan fingerprint density at radius 2 is 1.87 bits per heavy atom. The minimum Gasteiger partial charge on any atom is -0.349 e. The zero-order valence-corrected chi connectivity index (χ0v) is 16.3. The Morgan fingerprint density at radius 3 is 2.48 bits per heavy atom. The van der Waals surface area contributed by atoms with Crippen molar-refractivity contribution in [2.45, 2.75) is 32.1 Å². The molecule has 3 rings (SSSR count). The van der Waals surface area contributed by atoms with Crippen LogP contribution in [0.25, 0.3) is 0 Å². The predicted octanol–water partition coefficient (Wildman–Crippen LogP) is 4.63. The zero-order chi connectivity index (χ0) is 23.1. The fourth-order valence-corrected chi connectivity index (χ4v) is 3.58. The Kier molecular flexibility index (Phi) is 6.02. The first-order valence-corrected chi connectivity index (χ1v) is 9.21. The topological polar surface area (TPSA) is 58.2 Å². The van der Waals surface area contributed by atoms with Crippen molar-refractivity contribution in [1.82, 2.24) is 10.6 Å². The molecule has 1 heterocycles. The highest BCUT2D eigenvalue weighted by atomic mass is 19.4. The fraction of sp³-hybridized carbons (Fsp3) is 0.286. The van der Waals surface area contributed by atoms with Gasteiger partial charge < -0.3 is 10.6 Å². The molecule has 10 heteroatoms. The van der Waals surface area contributed by atoms with E-state index in [1.54, 1.807) is 0 Å². The first kappa shape index (κ1) is 22.6. The van der Waals surface area contributed by atoms with Gasteiger partial charge in [-0.25, -0.2) is 13.2 Å². The van der Waals surface area contributed by atoms with E-state index in [1.807, 2.05) is 0 Å². The molecule has 2 N–H and O–H groups in total. The van der Waals surface area contributed by atoms with Crippen molar-refractivity contribution in [3.8, 4) is 0 Å². The third-order valence-corrected chi connectivity index (χ3v) is 5.08. The summed E-state index contributed by atoms with van der Waals surface area (Å²) in [6, 6.07) is 0.296. The molecule has 0 saturated heterocycles. The quantitative estimate of drug-likeness (QED) is 0.662. The van der Waals surface area contributed by atoms with E-state index in [0.717, 1.165) is 25.5 Å². The highest BCUT2D eigenvalue weighted by Gasteiger charge is 2.49. The van der Waals surface area contributed by atoms with E-state index in [1.165, 1.54) is 19.1 Å². The molecule has 1 aliphatic carbocycles. The van der Waals surface area contributed by atoms with E-state index in [0.29, 0.717) is 6.07 Å². The van der Waals surface area contributed by atoms with Gasteiger partial charge in [0.2, 0.25) is 11.8 Å². The van der Waals surface area contributed by atoms with Gasteiger partial charge in [-0.1, -0.05) is 18.2 Å². The number of allylic oxidation sites excluding steroid dienone is 2. The van der Waals surface area contributed by atoms with Crippen LogP contribution in [0.1, 0.15) is 28.3 Å². The Morgan fingerprint density at radius 1 is 1.19 bits per heavy atom. The van der Waals surface area contributed by atoms with Gasteiger partial charge in [-0.2, -0.15) is 13.2 Å². The number of hydrogen-bond donors (Lipinski definition) is 2. The molecule has 3 atom stereocenters. The van der Waals surface area contributed by atoms with Gasteiger partial charge in [0.15, 0.2) is 0 Å². The standard InChI is InChI=1S/C21H17F6N2O2.2H2/c1-9(19(30)28-10(2)12-7-6-11(22)8-14(12)24)16-18(21(25,26)27)17-13(23)4-3-5-15(17)29-20(16)31;;/h3-10,15H,1-2H3,(H,28,30)(H,29,31);2*1H/t9-,10+,15?;;/m1../s1. The summed E-state index contributed by atoms with van der Waals surface area (Å²) in [7, 11) is 0. The average Bonchev–Trinajstić information content (AvgIpc) is 2.65. The Balaban J connectivity index is 0.00000272. The summed E-state index contributed by atoms with van der Waals surface area (Å²) in [5.74, 6) is -6.79. The Labute approximate surface area is 176 Å². The summed E-state index contributed by atoms with van der Waals surface area (Å²) in [6.45, 7) is 2.41. The van der Waals surface area contributed by atoms with Crippen molar-refractivity contribution in [3.05, 3.63) is 76.5 Å². The van der Waals surface area contributed by atoms with Gasteiger partial charge in [-0.05, 0) is 19.9 Å². The normalized spacial score (nSPS) is 20.9. The largest absolute Gasteiger partial charge is 0.417 e. The number of rotatable bonds is 4. The number of amides is 2. The molecule has 1 unspecified atom stereocenters. The maximum absolute atomic E-state index is 14.3. The molecule has 1 aliphatic heterocycles. The van der Waals surface area contributed by atoms with E-state index in [2.05, 4.69) is 10.6 Å². The molecule has 2 amide bonds. The van der Waals surface area contributed by atoms with E-state index in [4.69, 9.17) is 0 Å². The Bertz CT molecular complexity index is 1040. The minimum absolute atomic E-state index is 0. The summed E-state index contributed by atoms with van der Waals surface area (Å²) < 4.78 is 82.9. The van der Waals surface area contributed by atoms with Gasteiger partial charge in [0.25, 0.3) is 0 Å². The number of carbonyl (C=O) groups excluding carboxylic acids is 2. The highest BCUT2D eigenvalue weighted by molar-refractivity contribution is 6.03. The van der Waals surface area contributed by atoms with E-state index in [-0.39, 0.29) is 8.42 Å². The molecule has 169 valence electrons. The van der Waals surface area contributed by atoms with E-state index < -0.39 is 70.2 Å². The lowest BCUT2D eigenvalue weighted by atomic mass is 9.81. The summed E-state index contributed by atoms with van der Waals surface area (Å²) in [5.41, 5.74) is -3.33. The van der Waals surface area contributed by atoms with Crippen LogP contribution in [0.15, 0.2) is 52.9 Å². The molecule has 1 aromatic carbocycles. The van der Waals surface area contributed by atoms with Crippen LogP contribution in [0.2, 0.25) is 0 Å². The van der Waals surface area contributed by atoms with Gasteiger partial charge in [-0.15, -0.1) is 0 Å². The molecule has 4 nitrogen and oxygen atoms in total. The number of nitrogens with one attached hydrogen (secondary N) is 2. The summed E-state index contributed by atoms with van der Waals surface area (Å²) in [4.78, 5) is 25.1. The van der Waals surface area contributed by atoms with Crippen molar-refractivity contribution < 1.29 is 38.8 Å². The molecule has 1 radical (unpaired) electrons. The molecule has 0 bridgehead atoms. The van der Waals surface area contributed by atoms with E-state index in [9.17, 15) is 35.9 Å². The number of carbonyl (C=O) groups is 2. The maximum Gasteiger partial charge on any atom is 0.417 e. The zero-order valence-electron chi connectivity index (χ0n) is 16.3. The first-order chi connectivity index (χ1) is 14.4. The number of hydrogen-bond acceptors (Lipinski definition) is 2. The van der Waals surface area contributed by atoms with Crippen LogP contribution in [0.4, 0.5) is 26.3 Å². The monoisotopic (exact) mass is 447 g/mol. The van der Waals surface area contributed by atoms with Crippen LogP contribution in [0.5, 0.6) is 0 Å². The molecule has 31 heavy (non-hydrogen) atoms. The van der Waals surface area contributed by atoms with Gasteiger partial charge in [-0.3, -0.25) is 9.59 Å². The second-order valence-corrected chi connectivity index (χ2v) is 7.17. The van der Waals surface area contributed by atoms with Crippen LogP contribution < -0.4 is 10.6 Å². The van der Waals surface area contributed by atoms with Gasteiger partial charge in [0, 0.05) is 32.1 Å². The molecule has 1 aromatic rings. The second-order valence-electron chi connectivity index (χ2n) is 7.17. The van der Waals surface area contributed by atoms with Crippen molar-refractivity contribution in [2.75, 3.05) is 0 Å². The summed E-state index contributed by atoms with van der Waals surface area (Å²) in [5, 5.41) is 4.57. The lowest BCUT2D eigenvalue weighted by Gasteiger charge is -2.34. The lowest BCUT2D eigenvalue weighted by Crippen LogP contribution is -2.48. The molecule has 0 spiro atoms. The lowest BCUT2D eigenvalue weighted by molar-refractivity contribution is -0.128. The first-order valence-electron chi connectivity index (χ1n) is 9.21. The molecule has 0 saturated carbocycles. The summed E-state index contributed by atoms with van der Waals surface area (Å²) in [6.07, 6.45) is -1.90. The number of fused-ring (bicyclic) bond motifs is 1. The van der Waals surface area contributed by atoms with Crippen molar-refractivity contribution >= 4 is 11.8 Å². The van der Waals surface area contributed by atoms with Crippen molar-refractivity contribution in [3.63, 3.8) is 0 Å². The SMILES string of the molecule is C[C@@H](C(=O)N[C@@H](C)c1ccc(F)cc1F)C1=C(C(F)(F)F)C2=C(F)[CH]C=CC2NC1=O.[HH].[HH]. The third-order valence-electron chi connectivity index (χ3n) is 5.08.